The summed E-state index contributed by atoms with van der Waals surface area (Å²) < 4.78 is 0. The standard InChI is InChI=1S/C18H35N3/c1-16(19-9-4-3-5-10-19)15-18(21-11-6-7-12-21)17(2)20-13-8-14-20/h16-18H,3-15H2,1-2H3. The molecule has 3 unspecified atom stereocenters. The lowest BCUT2D eigenvalue weighted by Gasteiger charge is -2.45. The largest absolute Gasteiger partial charge is 0.301 e. The maximum atomic E-state index is 2.81. The zero-order valence-corrected chi connectivity index (χ0v) is 14.3. The fourth-order valence-corrected chi connectivity index (χ4v) is 4.57. The van der Waals surface area contributed by atoms with Crippen LogP contribution < -0.4 is 0 Å². The normalized spacial score (nSPS) is 30.0. The molecule has 0 amide bonds. The highest BCUT2D eigenvalue weighted by atomic mass is 15.3. The summed E-state index contributed by atoms with van der Waals surface area (Å²) in [6.45, 7) is 13.0. The number of piperidine rings is 1. The van der Waals surface area contributed by atoms with Crippen LogP contribution in [0.2, 0.25) is 0 Å². The molecule has 0 radical (unpaired) electrons. The molecule has 0 N–H and O–H groups in total. The minimum absolute atomic E-state index is 0.754. The van der Waals surface area contributed by atoms with Crippen LogP contribution in [0.4, 0.5) is 0 Å². The van der Waals surface area contributed by atoms with Crippen molar-refractivity contribution >= 4 is 0 Å². The smallest absolute Gasteiger partial charge is 0.0263 e. The molecule has 21 heavy (non-hydrogen) atoms. The van der Waals surface area contributed by atoms with E-state index in [1.807, 2.05) is 0 Å². The van der Waals surface area contributed by atoms with Gasteiger partial charge in [-0.05, 0) is 91.6 Å². The van der Waals surface area contributed by atoms with E-state index in [9.17, 15) is 0 Å². The molecule has 3 nitrogen and oxygen atoms in total. The highest BCUT2D eigenvalue weighted by Gasteiger charge is 2.34. The minimum Gasteiger partial charge on any atom is -0.301 e. The lowest BCUT2D eigenvalue weighted by molar-refractivity contribution is 0.0375. The van der Waals surface area contributed by atoms with E-state index in [1.54, 1.807) is 0 Å². The summed E-state index contributed by atoms with van der Waals surface area (Å²) >= 11 is 0. The first kappa shape index (κ1) is 15.8. The minimum atomic E-state index is 0.754. The molecule has 3 heteroatoms. The molecule has 0 spiro atoms. The Kier molecular flexibility index (Phi) is 5.58. The van der Waals surface area contributed by atoms with Crippen molar-refractivity contribution in [3.63, 3.8) is 0 Å². The van der Waals surface area contributed by atoms with Crippen molar-refractivity contribution in [3.05, 3.63) is 0 Å². The van der Waals surface area contributed by atoms with Crippen LogP contribution >= 0.6 is 0 Å². The van der Waals surface area contributed by atoms with Crippen LogP contribution in [-0.2, 0) is 0 Å². The first-order chi connectivity index (χ1) is 10.3. The van der Waals surface area contributed by atoms with Crippen molar-refractivity contribution in [1.29, 1.82) is 0 Å². The van der Waals surface area contributed by atoms with Gasteiger partial charge in [-0.25, -0.2) is 0 Å². The van der Waals surface area contributed by atoms with Crippen molar-refractivity contribution in [2.24, 2.45) is 0 Å². The maximum Gasteiger partial charge on any atom is 0.0263 e. The Morgan fingerprint density at radius 3 is 1.71 bits per heavy atom. The van der Waals surface area contributed by atoms with Gasteiger partial charge in [0.05, 0.1) is 0 Å². The van der Waals surface area contributed by atoms with Crippen molar-refractivity contribution in [2.45, 2.75) is 76.9 Å². The predicted octanol–water partition coefficient (Wildman–Crippen LogP) is 2.81. The molecule has 0 bridgehead atoms. The topological polar surface area (TPSA) is 9.72 Å². The van der Waals surface area contributed by atoms with Gasteiger partial charge in [-0.15, -0.1) is 0 Å². The summed E-state index contributed by atoms with van der Waals surface area (Å²) in [6, 6.07) is 2.30. The van der Waals surface area contributed by atoms with Gasteiger partial charge in [0.2, 0.25) is 0 Å². The van der Waals surface area contributed by atoms with Gasteiger partial charge in [0.25, 0.3) is 0 Å². The highest BCUT2D eigenvalue weighted by Crippen LogP contribution is 2.26. The van der Waals surface area contributed by atoms with E-state index in [4.69, 9.17) is 0 Å². The molecule has 3 aliphatic heterocycles. The summed E-state index contributed by atoms with van der Waals surface area (Å²) in [7, 11) is 0. The van der Waals surface area contributed by atoms with E-state index in [0.29, 0.717) is 0 Å². The molecule has 3 heterocycles. The summed E-state index contributed by atoms with van der Waals surface area (Å²) in [5.41, 5.74) is 0. The fourth-order valence-electron chi connectivity index (χ4n) is 4.57. The number of nitrogens with zero attached hydrogens (tertiary/aromatic N) is 3. The summed E-state index contributed by atoms with van der Waals surface area (Å²) in [5, 5.41) is 0. The second-order valence-electron chi connectivity index (χ2n) is 7.62. The predicted molar refractivity (Wildman–Crippen MR) is 89.8 cm³/mol. The molecule has 3 fully saturated rings. The quantitative estimate of drug-likeness (QED) is 0.745. The average molecular weight is 293 g/mol. The summed E-state index contributed by atoms with van der Waals surface area (Å²) in [4.78, 5) is 8.28. The Bertz CT molecular complexity index is 304. The highest BCUT2D eigenvalue weighted by molar-refractivity contribution is 4.91. The van der Waals surface area contributed by atoms with Gasteiger partial charge in [-0.1, -0.05) is 6.42 Å². The number of likely N-dealkylation sites (tertiary alicyclic amines) is 3. The molecule has 3 rings (SSSR count). The Morgan fingerprint density at radius 1 is 0.619 bits per heavy atom. The monoisotopic (exact) mass is 293 g/mol. The lowest BCUT2D eigenvalue weighted by atomic mass is 9.95. The van der Waals surface area contributed by atoms with Crippen LogP contribution in [0.3, 0.4) is 0 Å². The van der Waals surface area contributed by atoms with Crippen molar-refractivity contribution in [2.75, 3.05) is 39.3 Å². The zero-order chi connectivity index (χ0) is 14.7. The van der Waals surface area contributed by atoms with E-state index in [0.717, 1.165) is 18.1 Å². The van der Waals surface area contributed by atoms with E-state index in [1.165, 1.54) is 84.2 Å². The Balaban J connectivity index is 1.59. The summed E-state index contributed by atoms with van der Waals surface area (Å²) in [6.07, 6.45) is 9.91. The molecule has 3 aliphatic rings. The molecule has 3 atom stereocenters. The van der Waals surface area contributed by atoms with E-state index in [2.05, 4.69) is 28.5 Å². The van der Waals surface area contributed by atoms with Gasteiger partial charge in [-0.2, -0.15) is 0 Å². The van der Waals surface area contributed by atoms with Gasteiger partial charge < -0.3 is 4.90 Å². The second-order valence-corrected chi connectivity index (χ2v) is 7.62. The van der Waals surface area contributed by atoms with Gasteiger partial charge >= 0.3 is 0 Å². The summed E-state index contributed by atoms with van der Waals surface area (Å²) in [5.74, 6) is 0. The molecule has 0 aliphatic carbocycles. The molecule has 0 aromatic rings. The van der Waals surface area contributed by atoms with Crippen molar-refractivity contribution in [1.82, 2.24) is 14.7 Å². The van der Waals surface area contributed by atoms with Crippen molar-refractivity contribution < 1.29 is 0 Å². The number of hydrogen-bond acceptors (Lipinski definition) is 3. The van der Waals surface area contributed by atoms with E-state index < -0.39 is 0 Å². The zero-order valence-electron chi connectivity index (χ0n) is 14.3. The molecule has 122 valence electrons. The molecule has 0 aromatic carbocycles. The van der Waals surface area contributed by atoms with Gasteiger partial charge in [0, 0.05) is 18.1 Å². The molecule has 0 aromatic heterocycles. The molecular formula is C18H35N3. The maximum absolute atomic E-state index is 2.81. The lowest BCUT2D eigenvalue weighted by Crippen LogP contribution is -2.56. The van der Waals surface area contributed by atoms with Crippen LogP contribution in [0.25, 0.3) is 0 Å². The Hall–Kier alpha value is -0.120. The number of hydrogen-bond donors (Lipinski definition) is 0. The molecular weight excluding hydrogens is 258 g/mol. The Labute approximate surface area is 131 Å². The van der Waals surface area contributed by atoms with Crippen LogP contribution in [0.1, 0.15) is 58.8 Å². The first-order valence-corrected chi connectivity index (χ1v) is 9.48. The molecule has 3 saturated heterocycles. The first-order valence-electron chi connectivity index (χ1n) is 9.48. The third kappa shape index (κ3) is 3.80. The van der Waals surface area contributed by atoms with Crippen LogP contribution in [0.15, 0.2) is 0 Å². The van der Waals surface area contributed by atoms with E-state index >= 15 is 0 Å². The van der Waals surface area contributed by atoms with E-state index in [-0.39, 0.29) is 0 Å². The molecule has 0 saturated carbocycles. The van der Waals surface area contributed by atoms with Crippen LogP contribution in [0, 0.1) is 0 Å². The third-order valence-electron chi connectivity index (χ3n) is 6.23. The van der Waals surface area contributed by atoms with Gasteiger partial charge in [0.15, 0.2) is 0 Å². The number of rotatable bonds is 6. The van der Waals surface area contributed by atoms with Crippen LogP contribution in [0.5, 0.6) is 0 Å². The second kappa shape index (κ2) is 7.43. The Morgan fingerprint density at radius 2 is 1.14 bits per heavy atom. The SMILES string of the molecule is CC(CC(C(C)N1CCC1)N1CCCC1)N1CCCCC1. The fraction of sp³-hybridized carbons (Fsp3) is 1.00. The van der Waals surface area contributed by atoms with Crippen molar-refractivity contribution in [3.8, 4) is 0 Å². The third-order valence-corrected chi connectivity index (χ3v) is 6.23. The van der Waals surface area contributed by atoms with Gasteiger partial charge in [0.1, 0.15) is 0 Å². The van der Waals surface area contributed by atoms with Gasteiger partial charge in [-0.3, -0.25) is 9.80 Å². The average Bonchev–Trinajstić information content (AvgIpc) is 2.97. The van der Waals surface area contributed by atoms with Crippen LogP contribution in [-0.4, -0.2) is 72.1 Å².